The van der Waals surface area contributed by atoms with Crippen LogP contribution in [0.5, 0.6) is 0 Å². The van der Waals surface area contributed by atoms with Gasteiger partial charge in [0, 0.05) is 10.8 Å². The van der Waals surface area contributed by atoms with E-state index in [9.17, 15) is 4.79 Å². The van der Waals surface area contributed by atoms with Crippen molar-refractivity contribution in [1.82, 2.24) is 5.32 Å². The first kappa shape index (κ1) is 18.4. The number of hydrogen-bond donors (Lipinski definition) is 1. The molecule has 0 unspecified atom stereocenters. The summed E-state index contributed by atoms with van der Waals surface area (Å²) in [5.41, 5.74) is 2.90. The average molecular weight is 398 g/mol. The fraction of sp³-hybridized carbons (Fsp3) is 0.227. The summed E-state index contributed by atoms with van der Waals surface area (Å²) >= 11 is 6.45. The summed E-state index contributed by atoms with van der Waals surface area (Å²) in [4.78, 5) is 11.8. The zero-order valence-electron chi connectivity index (χ0n) is 15.8. The molecule has 2 aromatic carbocycles. The van der Waals surface area contributed by atoms with E-state index in [4.69, 9.17) is 25.2 Å². The zero-order valence-corrected chi connectivity index (χ0v) is 16.6. The summed E-state index contributed by atoms with van der Waals surface area (Å²) < 4.78 is 16.4. The Kier molecular flexibility index (Phi) is 4.55. The van der Waals surface area contributed by atoms with E-state index in [1.165, 1.54) is 0 Å². The molecule has 0 saturated heterocycles. The number of alkyl carbamates (subject to hydrolysis) is 1. The third kappa shape index (κ3) is 3.85. The van der Waals surface area contributed by atoms with E-state index in [0.717, 1.165) is 27.5 Å². The molecule has 28 heavy (non-hydrogen) atoms. The molecule has 0 aliphatic rings. The minimum atomic E-state index is -0.549. The zero-order chi connectivity index (χ0) is 19.9. The second-order valence-corrected chi connectivity index (χ2v) is 8.02. The molecule has 2 heterocycles. The van der Waals surface area contributed by atoms with Gasteiger partial charge in [-0.25, -0.2) is 4.79 Å². The molecular formula is C22H20ClNO4. The van der Waals surface area contributed by atoms with Crippen LogP contribution >= 0.6 is 11.6 Å². The Bertz CT molecular complexity index is 1170. The number of fused-ring (bicyclic) bond motifs is 2. The topological polar surface area (TPSA) is 64.6 Å². The van der Waals surface area contributed by atoms with Crippen molar-refractivity contribution in [2.75, 3.05) is 0 Å². The van der Waals surface area contributed by atoms with Crippen LogP contribution in [0.4, 0.5) is 4.79 Å². The van der Waals surface area contributed by atoms with E-state index in [1.807, 2.05) is 57.2 Å². The number of benzene rings is 2. The van der Waals surface area contributed by atoms with Crippen LogP contribution in [0.2, 0.25) is 5.02 Å². The highest BCUT2D eigenvalue weighted by molar-refractivity contribution is 6.35. The lowest BCUT2D eigenvalue weighted by atomic mass is 10.0. The van der Waals surface area contributed by atoms with E-state index < -0.39 is 11.7 Å². The number of carbonyl (C=O) groups is 1. The molecular weight excluding hydrogens is 378 g/mol. The Morgan fingerprint density at radius 2 is 1.86 bits per heavy atom. The Hall–Kier alpha value is -2.92. The predicted octanol–water partition coefficient (Wildman–Crippen LogP) is 6.52. The SMILES string of the molecule is CC(C)(C)OC(=O)NCc1cc2cc(-c3ccc4occc4c3)cc(Cl)c2o1. The highest BCUT2D eigenvalue weighted by atomic mass is 35.5. The first-order chi connectivity index (χ1) is 13.3. The van der Waals surface area contributed by atoms with Crippen LogP contribution in [0.1, 0.15) is 26.5 Å². The molecule has 2 aromatic heterocycles. The van der Waals surface area contributed by atoms with Gasteiger partial charge in [-0.2, -0.15) is 0 Å². The van der Waals surface area contributed by atoms with Crippen LogP contribution in [0.15, 0.2) is 57.6 Å². The lowest BCUT2D eigenvalue weighted by Gasteiger charge is -2.19. The van der Waals surface area contributed by atoms with Crippen molar-refractivity contribution in [3.8, 4) is 11.1 Å². The summed E-state index contributed by atoms with van der Waals surface area (Å²) in [6.45, 7) is 5.66. The standard InChI is InChI=1S/C22H20ClNO4/c1-22(2,3)28-21(25)24-12-17-10-16-9-15(11-18(23)20(16)27-17)13-4-5-19-14(8-13)6-7-26-19/h4-11H,12H2,1-3H3,(H,24,25). The smallest absolute Gasteiger partial charge is 0.408 e. The normalized spacial score (nSPS) is 11.9. The maximum Gasteiger partial charge on any atom is 0.408 e. The highest BCUT2D eigenvalue weighted by Gasteiger charge is 2.17. The largest absolute Gasteiger partial charge is 0.464 e. The Morgan fingerprint density at radius 3 is 2.64 bits per heavy atom. The number of hydrogen-bond acceptors (Lipinski definition) is 4. The van der Waals surface area contributed by atoms with E-state index in [-0.39, 0.29) is 6.54 Å². The molecule has 0 aliphatic heterocycles. The van der Waals surface area contributed by atoms with Gasteiger partial charge in [-0.05, 0) is 68.3 Å². The Morgan fingerprint density at radius 1 is 1.07 bits per heavy atom. The average Bonchev–Trinajstić information content (AvgIpc) is 3.24. The van der Waals surface area contributed by atoms with Crippen LogP contribution in [0, 0.1) is 0 Å². The lowest BCUT2D eigenvalue weighted by molar-refractivity contribution is 0.0520. The van der Waals surface area contributed by atoms with E-state index in [2.05, 4.69) is 11.4 Å². The molecule has 0 radical (unpaired) electrons. The minimum Gasteiger partial charge on any atom is -0.464 e. The first-order valence-electron chi connectivity index (χ1n) is 8.95. The van der Waals surface area contributed by atoms with Crippen molar-refractivity contribution >= 4 is 39.6 Å². The third-order valence-electron chi connectivity index (χ3n) is 4.21. The van der Waals surface area contributed by atoms with Crippen molar-refractivity contribution in [1.29, 1.82) is 0 Å². The van der Waals surface area contributed by atoms with Gasteiger partial charge < -0.3 is 18.9 Å². The van der Waals surface area contributed by atoms with Gasteiger partial charge in [0.25, 0.3) is 0 Å². The molecule has 5 nitrogen and oxygen atoms in total. The number of ether oxygens (including phenoxy) is 1. The highest BCUT2D eigenvalue weighted by Crippen LogP contribution is 2.34. The number of halogens is 1. The lowest BCUT2D eigenvalue weighted by Crippen LogP contribution is -2.32. The monoisotopic (exact) mass is 397 g/mol. The molecule has 6 heteroatoms. The van der Waals surface area contributed by atoms with Crippen LogP contribution < -0.4 is 5.32 Å². The second kappa shape index (κ2) is 6.91. The van der Waals surface area contributed by atoms with Crippen molar-refractivity contribution in [2.45, 2.75) is 32.9 Å². The molecule has 0 saturated carbocycles. The van der Waals surface area contributed by atoms with Crippen molar-refractivity contribution < 1.29 is 18.4 Å². The summed E-state index contributed by atoms with van der Waals surface area (Å²) in [6.07, 6.45) is 1.18. The summed E-state index contributed by atoms with van der Waals surface area (Å²) in [6, 6.07) is 13.7. The molecule has 0 bridgehead atoms. The molecule has 0 fully saturated rings. The molecule has 4 rings (SSSR count). The van der Waals surface area contributed by atoms with Gasteiger partial charge >= 0.3 is 6.09 Å². The van der Waals surface area contributed by atoms with Gasteiger partial charge in [-0.15, -0.1) is 0 Å². The van der Waals surface area contributed by atoms with Crippen LogP contribution in [-0.2, 0) is 11.3 Å². The van der Waals surface area contributed by atoms with E-state index in [0.29, 0.717) is 16.4 Å². The van der Waals surface area contributed by atoms with Crippen LogP contribution in [0.25, 0.3) is 33.1 Å². The molecule has 0 aliphatic carbocycles. The summed E-state index contributed by atoms with van der Waals surface area (Å²) in [5, 5.41) is 5.11. The Labute approximate surface area is 167 Å². The molecule has 0 atom stereocenters. The molecule has 144 valence electrons. The predicted molar refractivity (Wildman–Crippen MR) is 110 cm³/mol. The first-order valence-corrected chi connectivity index (χ1v) is 9.33. The van der Waals surface area contributed by atoms with Gasteiger partial charge in [0.1, 0.15) is 16.9 Å². The number of carbonyl (C=O) groups excluding carboxylic acids is 1. The molecule has 1 N–H and O–H groups in total. The van der Waals surface area contributed by atoms with Gasteiger partial charge in [0.15, 0.2) is 5.58 Å². The number of furan rings is 2. The maximum absolute atomic E-state index is 11.8. The van der Waals surface area contributed by atoms with Crippen LogP contribution in [0.3, 0.4) is 0 Å². The third-order valence-corrected chi connectivity index (χ3v) is 4.49. The van der Waals surface area contributed by atoms with Gasteiger partial charge in [-0.3, -0.25) is 0 Å². The Balaban J connectivity index is 1.59. The van der Waals surface area contributed by atoms with Gasteiger partial charge in [0.05, 0.1) is 17.8 Å². The molecule has 1 amide bonds. The van der Waals surface area contributed by atoms with Gasteiger partial charge in [-0.1, -0.05) is 17.7 Å². The fourth-order valence-electron chi connectivity index (χ4n) is 3.04. The maximum atomic E-state index is 11.8. The van der Waals surface area contributed by atoms with Crippen molar-refractivity contribution in [3.63, 3.8) is 0 Å². The van der Waals surface area contributed by atoms with E-state index >= 15 is 0 Å². The number of rotatable bonds is 3. The van der Waals surface area contributed by atoms with E-state index in [1.54, 1.807) is 6.26 Å². The summed E-state index contributed by atoms with van der Waals surface area (Å²) in [7, 11) is 0. The number of amides is 1. The fourth-order valence-corrected chi connectivity index (χ4v) is 3.30. The van der Waals surface area contributed by atoms with Gasteiger partial charge in [0.2, 0.25) is 0 Å². The quantitative estimate of drug-likeness (QED) is 0.427. The van der Waals surface area contributed by atoms with Crippen molar-refractivity contribution in [3.05, 3.63) is 59.5 Å². The van der Waals surface area contributed by atoms with Crippen LogP contribution in [-0.4, -0.2) is 11.7 Å². The molecule has 0 spiro atoms. The summed E-state index contributed by atoms with van der Waals surface area (Å²) in [5.74, 6) is 0.602. The minimum absolute atomic E-state index is 0.218. The molecule has 4 aromatic rings. The number of nitrogens with one attached hydrogen (secondary N) is 1. The second-order valence-electron chi connectivity index (χ2n) is 7.62. The van der Waals surface area contributed by atoms with Crippen molar-refractivity contribution in [2.24, 2.45) is 0 Å².